The average Bonchev–Trinajstić information content (AvgIpc) is 3.30. The van der Waals surface area contributed by atoms with Gasteiger partial charge in [-0.05, 0) is 41.8 Å². The zero-order chi connectivity index (χ0) is 20.9. The van der Waals surface area contributed by atoms with E-state index in [2.05, 4.69) is 49.9 Å². The van der Waals surface area contributed by atoms with Crippen LogP contribution in [0.3, 0.4) is 0 Å². The first-order valence-electron chi connectivity index (χ1n) is 9.66. The predicted octanol–water partition coefficient (Wildman–Crippen LogP) is 4.27. The molecule has 4 aromatic rings. The van der Waals surface area contributed by atoms with Crippen LogP contribution >= 0.6 is 0 Å². The van der Waals surface area contributed by atoms with Gasteiger partial charge >= 0.3 is 0 Å². The quantitative estimate of drug-likeness (QED) is 0.498. The lowest BCUT2D eigenvalue weighted by atomic mass is 9.97. The lowest BCUT2D eigenvalue weighted by molar-refractivity contribution is 0.178. The molecule has 0 aliphatic rings. The monoisotopic (exact) mass is 401 g/mol. The smallest absolute Gasteiger partial charge is 0.205 e. The third-order valence-electron chi connectivity index (χ3n) is 4.86. The van der Waals surface area contributed by atoms with Gasteiger partial charge in [-0.15, -0.1) is 10.2 Å². The third-order valence-corrected chi connectivity index (χ3v) is 4.86. The van der Waals surface area contributed by atoms with Gasteiger partial charge in [0.25, 0.3) is 0 Å². The van der Waals surface area contributed by atoms with Gasteiger partial charge in [0.05, 0.1) is 6.61 Å². The highest BCUT2D eigenvalue weighted by molar-refractivity contribution is 5.80. The van der Waals surface area contributed by atoms with E-state index in [1.54, 1.807) is 7.11 Å². The first-order valence-corrected chi connectivity index (χ1v) is 9.66. The predicted molar refractivity (Wildman–Crippen MR) is 114 cm³/mol. The highest BCUT2D eigenvalue weighted by Gasteiger charge is 2.14. The second kappa shape index (κ2) is 8.84. The van der Waals surface area contributed by atoms with Gasteiger partial charge in [0.15, 0.2) is 0 Å². The average molecular weight is 401 g/mol. The molecule has 0 aliphatic carbocycles. The fraction of sp³-hybridized carbons (Fsp3) is 0.217. The van der Waals surface area contributed by atoms with E-state index in [4.69, 9.17) is 9.47 Å². The second-order valence-corrected chi connectivity index (χ2v) is 7.03. The number of nitrogens with one attached hydrogen (secondary N) is 1. The summed E-state index contributed by atoms with van der Waals surface area (Å²) in [5, 5.41) is 14.6. The van der Waals surface area contributed by atoms with Crippen LogP contribution in [0.2, 0.25) is 0 Å². The second-order valence-electron chi connectivity index (χ2n) is 7.03. The fourth-order valence-electron chi connectivity index (χ4n) is 3.44. The van der Waals surface area contributed by atoms with E-state index in [-0.39, 0.29) is 0 Å². The Labute approximate surface area is 175 Å². The van der Waals surface area contributed by atoms with Crippen LogP contribution in [0.1, 0.15) is 22.5 Å². The van der Waals surface area contributed by atoms with Gasteiger partial charge in [-0.2, -0.15) is 5.21 Å². The molecule has 2 aromatic heterocycles. The number of aryl methyl sites for hydroxylation is 2. The lowest BCUT2D eigenvalue weighted by Crippen LogP contribution is -2.04. The third kappa shape index (κ3) is 4.21. The summed E-state index contributed by atoms with van der Waals surface area (Å²) < 4.78 is 11.5. The molecule has 0 bridgehead atoms. The molecule has 0 saturated heterocycles. The van der Waals surface area contributed by atoms with E-state index >= 15 is 0 Å². The van der Waals surface area contributed by atoms with Gasteiger partial charge in [0, 0.05) is 35.7 Å². The molecular formula is C23H23N5O2. The molecule has 152 valence electrons. The Morgan fingerprint density at radius 2 is 1.77 bits per heavy atom. The van der Waals surface area contributed by atoms with Gasteiger partial charge in [-0.3, -0.25) is 4.98 Å². The van der Waals surface area contributed by atoms with Crippen molar-refractivity contribution in [3.05, 3.63) is 77.1 Å². The topological polar surface area (TPSA) is 85.8 Å². The van der Waals surface area contributed by atoms with Crippen LogP contribution in [0.5, 0.6) is 5.75 Å². The van der Waals surface area contributed by atoms with Crippen molar-refractivity contribution in [1.29, 1.82) is 0 Å². The fourth-order valence-corrected chi connectivity index (χ4v) is 3.44. The Hall–Kier alpha value is -3.58. The van der Waals surface area contributed by atoms with Crippen LogP contribution in [-0.2, 0) is 18.0 Å². The molecule has 7 nitrogen and oxygen atoms in total. The van der Waals surface area contributed by atoms with Crippen molar-refractivity contribution in [2.45, 2.75) is 27.1 Å². The largest absolute Gasteiger partial charge is 0.488 e. The number of rotatable bonds is 7. The molecule has 0 fully saturated rings. The number of H-pyrrole nitrogens is 1. The minimum Gasteiger partial charge on any atom is -0.488 e. The number of aromatic nitrogens is 5. The van der Waals surface area contributed by atoms with Crippen molar-refractivity contribution in [2.24, 2.45) is 0 Å². The summed E-state index contributed by atoms with van der Waals surface area (Å²) in [6.45, 7) is 4.78. The van der Waals surface area contributed by atoms with Gasteiger partial charge < -0.3 is 9.47 Å². The Bertz CT molecular complexity index is 1130. The van der Waals surface area contributed by atoms with E-state index < -0.39 is 0 Å². The Morgan fingerprint density at radius 1 is 0.933 bits per heavy atom. The number of benzene rings is 2. The molecule has 2 aromatic carbocycles. The lowest BCUT2D eigenvalue weighted by Gasteiger charge is -2.15. The van der Waals surface area contributed by atoms with Crippen LogP contribution in [-0.4, -0.2) is 32.7 Å². The molecule has 0 unspecified atom stereocenters. The molecule has 1 N–H and O–H groups in total. The van der Waals surface area contributed by atoms with Crippen molar-refractivity contribution in [2.75, 3.05) is 7.11 Å². The van der Waals surface area contributed by atoms with E-state index in [9.17, 15) is 0 Å². The highest BCUT2D eigenvalue weighted by Crippen LogP contribution is 2.31. The van der Waals surface area contributed by atoms with E-state index in [0.29, 0.717) is 19.0 Å². The van der Waals surface area contributed by atoms with Crippen molar-refractivity contribution in [1.82, 2.24) is 25.6 Å². The number of ether oxygens (including phenoxy) is 2. The normalized spacial score (nSPS) is 10.9. The van der Waals surface area contributed by atoms with E-state index in [1.165, 1.54) is 0 Å². The highest BCUT2D eigenvalue weighted by atomic mass is 16.5. The molecule has 0 saturated carbocycles. The summed E-state index contributed by atoms with van der Waals surface area (Å²) in [7, 11) is 1.67. The Balaban J connectivity index is 1.66. The van der Waals surface area contributed by atoms with Crippen molar-refractivity contribution >= 4 is 0 Å². The summed E-state index contributed by atoms with van der Waals surface area (Å²) >= 11 is 0. The van der Waals surface area contributed by atoms with Crippen LogP contribution in [0.15, 0.2) is 54.6 Å². The molecule has 0 atom stereocenters. The minimum atomic E-state index is 0.402. The van der Waals surface area contributed by atoms with Crippen LogP contribution in [0.25, 0.3) is 22.5 Å². The number of aromatic amines is 1. The number of nitrogens with zero attached hydrogens (tertiary/aromatic N) is 4. The molecule has 4 rings (SSSR count). The van der Waals surface area contributed by atoms with E-state index in [0.717, 1.165) is 45.0 Å². The number of hydrogen-bond acceptors (Lipinski definition) is 6. The molecule has 0 aliphatic heterocycles. The maximum absolute atomic E-state index is 6.17. The van der Waals surface area contributed by atoms with Gasteiger partial charge in [0.1, 0.15) is 12.4 Å². The van der Waals surface area contributed by atoms with Gasteiger partial charge in [0.2, 0.25) is 5.82 Å². The molecular weight excluding hydrogens is 378 g/mol. The Kier molecular flexibility index (Phi) is 5.81. The van der Waals surface area contributed by atoms with E-state index in [1.807, 2.05) is 44.2 Å². The first-order chi connectivity index (χ1) is 14.7. The van der Waals surface area contributed by atoms with Gasteiger partial charge in [-0.1, -0.05) is 42.5 Å². The molecule has 2 heterocycles. The number of tetrazole rings is 1. The summed E-state index contributed by atoms with van der Waals surface area (Å²) in [5.74, 6) is 1.33. The SMILES string of the molecule is COCc1c(OCc2ccc(-c3ccccc3)c(-c3nn[nH]n3)c2)cc(C)nc1C. The summed E-state index contributed by atoms with van der Waals surface area (Å²) in [4.78, 5) is 4.51. The molecule has 0 spiro atoms. The standard InChI is InChI=1S/C23H23N5O2/c1-15-11-22(21(14-29-3)16(2)24-15)30-13-17-9-10-19(18-7-5-4-6-8-18)20(12-17)23-25-27-28-26-23/h4-12H,13-14H2,1-3H3,(H,25,26,27,28). The Morgan fingerprint density at radius 3 is 2.50 bits per heavy atom. The number of methoxy groups -OCH3 is 1. The molecule has 0 amide bonds. The van der Waals surface area contributed by atoms with Crippen LogP contribution < -0.4 is 4.74 Å². The molecule has 0 radical (unpaired) electrons. The molecule has 7 heteroatoms. The van der Waals surface area contributed by atoms with Crippen molar-refractivity contribution < 1.29 is 9.47 Å². The summed E-state index contributed by atoms with van der Waals surface area (Å²) in [6, 6.07) is 18.3. The van der Waals surface area contributed by atoms with Gasteiger partial charge in [-0.25, -0.2) is 0 Å². The maximum atomic E-state index is 6.17. The first kappa shape index (κ1) is 19.7. The zero-order valence-corrected chi connectivity index (χ0v) is 17.2. The zero-order valence-electron chi connectivity index (χ0n) is 17.2. The molecule has 30 heavy (non-hydrogen) atoms. The van der Waals surface area contributed by atoms with Crippen molar-refractivity contribution in [3.8, 4) is 28.3 Å². The van der Waals surface area contributed by atoms with Crippen LogP contribution in [0, 0.1) is 13.8 Å². The van der Waals surface area contributed by atoms with Crippen LogP contribution in [0.4, 0.5) is 0 Å². The minimum absolute atomic E-state index is 0.402. The number of pyridine rings is 1. The summed E-state index contributed by atoms with van der Waals surface area (Å²) in [5.41, 5.74) is 6.82. The summed E-state index contributed by atoms with van der Waals surface area (Å²) in [6.07, 6.45) is 0. The van der Waals surface area contributed by atoms with Crippen molar-refractivity contribution in [3.63, 3.8) is 0 Å². The number of hydrogen-bond donors (Lipinski definition) is 1. The maximum Gasteiger partial charge on any atom is 0.205 e.